The van der Waals surface area contributed by atoms with Gasteiger partial charge in [-0.15, -0.1) is 0 Å². The van der Waals surface area contributed by atoms with Crippen LogP contribution in [-0.4, -0.2) is 68.8 Å². The van der Waals surface area contributed by atoms with Crippen molar-refractivity contribution in [3.8, 4) is 0 Å². The number of benzene rings is 2. The van der Waals surface area contributed by atoms with Crippen molar-refractivity contribution < 1.29 is 17.6 Å². The van der Waals surface area contributed by atoms with Crippen molar-refractivity contribution in [2.45, 2.75) is 25.2 Å². The topological polar surface area (TPSA) is 73.8 Å². The van der Waals surface area contributed by atoms with E-state index in [2.05, 4.69) is 4.98 Å². The van der Waals surface area contributed by atoms with Crippen LogP contribution in [0.15, 0.2) is 47.4 Å². The summed E-state index contributed by atoms with van der Waals surface area (Å²) in [5, 5.41) is 0.485. The monoisotopic (exact) mass is 492 g/mol. The van der Waals surface area contributed by atoms with Crippen molar-refractivity contribution in [1.82, 2.24) is 14.2 Å². The molecule has 0 spiro atoms. The average Bonchev–Trinajstić information content (AvgIpc) is 3.19. The zero-order chi connectivity index (χ0) is 24.2. The van der Waals surface area contributed by atoms with Crippen molar-refractivity contribution >= 4 is 42.6 Å². The molecule has 0 aliphatic heterocycles. The van der Waals surface area contributed by atoms with Crippen LogP contribution in [0.5, 0.6) is 0 Å². The van der Waals surface area contributed by atoms with Crippen LogP contribution >= 0.6 is 11.3 Å². The molecule has 33 heavy (non-hydrogen) atoms. The number of amides is 1. The van der Waals surface area contributed by atoms with Gasteiger partial charge in [0.15, 0.2) is 5.13 Å². The third-order valence-electron chi connectivity index (χ3n) is 5.25. The van der Waals surface area contributed by atoms with Gasteiger partial charge in [0, 0.05) is 25.2 Å². The fourth-order valence-corrected chi connectivity index (χ4v) is 5.94. The number of carbonyl (C=O) groups is 1. The van der Waals surface area contributed by atoms with Gasteiger partial charge >= 0.3 is 0 Å². The standard InChI is InChI=1S/C23H29FN4O3S2/c1-5-27(6-2)33(30,31)19-11-8-17(9-12-19)22(29)28(15-7-14-26(3)4)23-25-20-13-10-18(24)16-21(20)32-23/h8-13,16H,5-7,14-15H2,1-4H3. The number of rotatable bonds is 10. The molecule has 1 aromatic heterocycles. The fourth-order valence-electron chi connectivity index (χ4n) is 3.47. The number of anilines is 1. The Kier molecular flexibility index (Phi) is 8.17. The van der Waals surface area contributed by atoms with Crippen molar-refractivity contribution in [3.63, 3.8) is 0 Å². The quantitative estimate of drug-likeness (QED) is 0.427. The molecule has 0 N–H and O–H groups in total. The van der Waals surface area contributed by atoms with Crippen LogP contribution < -0.4 is 4.90 Å². The third kappa shape index (κ3) is 5.75. The van der Waals surface area contributed by atoms with E-state index in [1.165, 1.54) is 52.0 Å². The Labute approximate surface area is 198 Å². The Morgan fingerprint density at radius 3 is 2.30 bits per heavy atom. The predicted octanol–water partition coefficient (Wildman–Crippen LogP) is 4.06. The van der Waals surface area contributed by atoms with Crippen LogP contribution in [0.2, 0.25) is 0 Å². The minimum absolute atomic E-state index is 0.150. The lowest BCUT2D eigenvalue weighted by Gasteiger charge is -2.22. The molecule has 3 aromatic rings. The maximum Gasteiger partial charge on any atom is 0.260 e. The molecule has 0 fully saturated rings. The molecule has 2 aromatic carbocycles. The first-order chi connectivity index (χ1) is 15.7. The molecule has 3 rings (SSSR count). The molecule has 0 atom stereocenters. The van der Waals surface area contributed by atoms with Crippen LogP contribution in [-0.2, 0) is 10.0 Å². The molecule has 178 valence electrons. The first kappa shape index (κ1) is 25.2. The zero-order valence-corrected chi connectivity index (χ0v) is 20.9. The molecule has 7 nitrogen and oxygen atoms in total. The number of carbonyl (C=O) groups excluding carboxylic acids is 1. The van der Waals surface area contributed by atoms with Gasteiger partial charge in [0.05, 0.1) is 15.1 Å². The number of hydrogen-bond acceptors (Lipinski definition) is 6. The average molecular weight is 493 g/mol. The van der Waals surface area contributed by atoms with Gasteiger partial charge < -0.3 is 4.90 Å². The SMILES string of the molecule is CCN(CC)S(=O)(=O)c1ccc(C(=O)N(CCCN(C)C)c2nc3ccc(F)cc3s2)cc1. The smallest absolute Gasteiger partial charge is 0.260 e. The van der Waals surface area contributed by atoms with Gasteiger partial charge in [0.25, 0.3) is 5.91 Å². The third-order valence-corrected chi connectivity index (χ3v) is 8.35. The normalized spacial score (nSPS) is 12.1. The Morgan fingerprint density at radius 1 is 1.03 bits per heavy atom. The lowest BCUT2D eigenvalue weighted by molar-refractivity contribution is 0.0986. The number of fused-ring (bicyclic) bond motifs is 1. The minimum Gasteiger partial charge on any atom is -0.309 e. The van der Waals surface area contributed by atoms with Gasteiger partial charge in [-0.2, -0.15) is 4.31 Å². The molecule has 0 radical (unpaired) electrons. The van der Waals surface area contributed by atoms with Crippen LogP contribution in [0.1, 0.15) is 30.6 Å². The molecule has 0 aliphatic rings. The van der Waals surface area contributed by atoms with Crippen LogP contribution in [0, 0.1) is 5.82 Å². The van der Waals surface area contributed by atoms with Crippen molar-refractivity contribution in [1.29, 1.82) is 0 Å². The highest BCUT2D eigenvalue weighted by molar-refractivity contribution is 7.89. The number of halogens is 1. The molecule has 0 unspecified atom stereocenters. The summed E-state index contributed by atoms with van der Waals surface area (Å²) in [4.78, 5) is 21.7. The van der Waals surface area contributed by atoms with Crippen molar-refractivity contribution in [3.05, 3.63) is 53.8 Å². The highest BCUT2D eigenvalue weighted by Gasteiger charge is 2.24. The van der Waals surface area contributed by atoms with Gasteiger partial charge in [-0.3, -0.25) is 9.69 Å². The van der Waals surface area contributed by atoms with E-state index in [-0.39, 0.29) is 16.6 Å². The molecule has 0 bridgehead atoms. The van der Waals surface area contributed by atoms with Gasteiger partial charge in [-0.05, 0) is 69.5 Å². The molecule has 1 amide bonds. The predicted molar refractivity (Wildman–Crippen MR) is 131 cm³/mol. The van der Waals surface area contributed by atoms with E-state index in [0.29, 0.717) is 40.5 Å². The van der Waals surface area contributed by atoms with Gasteiger partial charge in [0.1, 0.15) is 5.82 Å². The lowest BCUT2D eigenvalue weighted by Crippen LogP contribution is -2.33. The maximum atomic E-state index is 13.6. The molecule has 0 saturated carbocycles. The zero-order valence-electron chi connectivity index (χ0n) is 19.3. The van der Waals surface area contributed by atoms with Crippen LogP contribution in [0.3, 0.4) is 0 Å². The molecule has 10 heteroatoms. The van der Waals surface area contributed by atoms with Crippen molar-refractivity contribution in [2.24, 2.45) is 0 Å². The van der Waals surface area contributed by atoms with Gasteiger partial charge in [-0.1, -0.05) is 25.2 Å². The number of aromatic nitrogens is 1. The van der Waals surface area contributed by atoms with Crippen molar-refractivity contribution in [2.75, 3.05) is 45.2 Å². The first-order valence-corrected chi connectivity index (χ1v) is 13.1. The maximum absolute atomic E-state index is 13.6. The molecular weight excluding hydrogens is 463 g/mol. The highest BCUT2D eigenvalue weighted by atomic mass is 32.2. The second-order valence-corrected chi connectivity index (χ2v) is 10.8. The Balaban J connectivity index is 1.92. The summed E-state index contributed by atoms with van der Waals surface area (Å²) in [6, 6.07) is 10.3. The van der Waals surface area contributed by atoms with Gasteiger partial charge in [0.2, 0.25) is 10.0 Å². The Bertz CT molecular complexity index is 1210. The van der Waals surface area contributed by atoms with Gasteiger partial charge in [-0.25, -0.2) is 17.8 Å². The molecular formula is C23H29FN4O3S2. The second kappa shape index (κ2) is 10.7. The van der Waals surface area contributed by atoms with Crippen LogP contribution in [0.25, 0.3) is 10.2 Å². The summed E-state index contributed by atoms with van der Waals surface area (Å²) in [5.74, 6) is -0.631. The van der Waals surface area contributed by atoms with E-state index in [4.69, 9.17) is 0 Å². The Morgan fingerprint density at radius 2 is 1.70 bits per heavy atom. The summed E-state index contributed by atoms with van der Waals surface area (Å²) in [7, 11) is 0.316. The van der Waals surface area contributed by atoms with E-state index in [1.54, 1.807) is 24.8 Å². The summed E-state index contributed by atoms with van der Waals surface area (Å²) >= 11 is 1.26. The van der Waals surface area contributed by atoms with E-state index in [9.17, 15) is 17.6 Å². The molecule has 0 saturated heterocycles. The number of hydrogen-bond donors (Lipinski definition) is 0. The fraction of sp³-hybridized carbons (Fsp3) is 0.391. The summed E-state index contributed by atoms with van der Waals surface area (Å²) in [6.07, 6.45) is 0.720. The number of thiazole rings is 1. The number of sulfonamides is 1. The highest BCUT2D eigenvalue weighted by Crippen LogP contribution is 2.30. The lowest BCUT2D eigenvalue weighted by atomic mass is 10.2. The summed E-state index contributed by atoms with van der Waals surface area (Å²) in [6.45, 7) is 5.53. The largest absolute Gasteiger partial charge is 0.309 e. The summed E-state index contributed by atoms with van der Waals surface area (Å²) < 4.78 is 41.2. The van der Waals surface area contributed by atoms with E-state index in [0.717, 1.165) is 13.0 Å². The first-order valence-electron chi connectivity index (χ1n) is 10.8. The van der Waals surface area contributed by atoms with E-state index >= 15 is 0 Å². The van der Waals surface area contributed by atoms with E-state index < -0.39 is 10.0 Å². The van der Waals surface area contributed by atoms with E-state index in [1.807, 2.05) is 19.0 Å². The second-order valence-electron chi connectivity index (χ2n) is 7.84. The minimum atomic E-state index is -3.60. The number of nitrogens with zero attached hydrogens (tertiary/aromatic N) is 4. The summed E-state index contributed by atoms with van der Waals surface area (Å²) in [5.41, 5.74) is 0.992. The molecule has 1 heterocycles. The molecule has 0 aliphatic carbocycles. The van der Waals surface area contributed by atoms with Crippen LogP contribution in [0.4, 0.5) is 9.52 Å². The Hall–Kier alpha value is -2.40.